The molecule has 2 aliphatic rings. The SMILES string of the molecule is CN(C1CCCCC1)C1CCc2c(O)cccc21. The fourth-order valence-corrected chi connectivity index (χ4v) is 3.78. The molecule has 0 saturated heterocycles. The summed E-state index contributed by atoms with van der Waals surface area (Å²) in [4.78, 5) is 2.57. The average molecular weight is 245 g/mol. The van der Waals surface area contributed by atoms with Gasteiger partial charge in [0.25, 0.3) is 0 Å². The molecule has 1 aromatic carbocycles. The standard InChI is InChI=1S/C16H23NO/c1-17(12-6-3-2-4-7-12)15-11-10-14-13(15)8-5-9-16(14)18/h5,8-9,12,15,18H,2-4,6-7,10-11H2,1H3. The smallest absolute Gasteiger partial charge is 0.119 e. The lowest BCUT2D eigenvalue weighted by atomic mass is 9.92. The van der Waals surface area contributed by atoms with E-state index in [1.54, 1.807) is 0 Å². The first-order valence-corrected chi connectivity index (χ1v) is 7.30. The Hall–Kier alpha value is -1.02. The Labute approximate surface area is 110 Å². The molecular formula is C16H23NO. The van der Waals surface area contributed by atoms with Gasteiger partial charge in [0.05, 0.1) is 0 Å². The number of benzene rings is 1. The second kappa shape index (κ2) is 4.93. The van der Waals surface area contributed by atoms with E-state index in [0.29, 0.717) is 11.8 Å². The van der Waals surface area contributed by atoms with Crippen LogP contribution in [0.1, 0.15) is 55.7 Å². The monoisotopic (exact) mass is 245 g/mol. The first-order chi connectivity index (χ1) is 8.77. The highest BCUT2D eigenvalue weighted by Gasteiger charge is 2.31. The fourth-order valence-electron chi connectivity index (χ4n) is 3.78. The van der Waals surface area contributed by atoms with E-state index in [2.05, 4.69) is 18.0 Å². The molecule has 0 spiro atoms. The maximum absolute atomic E-state index is 9.92. The summed E-state index contributed by atoms with van der Waals surface area (Å²) in [5.74, 6) is 0.493. The second-order valence-electron chi connectivity index (χ2n) is 5.86. The molecule has 3 rings (SSSR count). The maximum Gasteiger partial charge on any atom is 0.119 e. The Balaban J connectivity index is 1.80. The zero-order chi connectivity index (χ0) is 12.5. The summed E-state index contributed by atoms with van der Waals surface area (Å²) in [7, 11) is 2.28. The van der Waals surface area contributed by atoms with Crippen molar-refractivity contribution in [2.24, 2.45) is 0 Å². The molecule has 1 N–H and O–H groups in total. The van der Waals surface area contributed by atoms with Crippen molar-refractivity contribution in [1.82, 2.24) is 4.90 Å². The Morgan fingerprint density at radius 1 is 1.11 bits per heavy atom. The number of phenols is 1. The molecule has 0 amide bonds. The highest BCUT2D eigenvalue weighted by atomic mass is 16.3. The molecule has 2 heteroatoms. The minimum Gasteiger partial charge on any atom is -0.508 e. The van der Waals surface area contributed by atoms with Gasteiger partial charge in [-0.1, -0.05) is 31.4 Å². The van der Waals surface area contributed by atoms with Crippen molar-refractivity contribution < 1.29 is 5.11 Å². The summed E-state index contributed by atoms with van der Waals surface area (Å²) in [6.07, 6.45) is 9.07. The van der Waals surface area contributed by atoms with E-state index < -0.39 is 0 Å². The van der Waals surface area contributed by atoms with E-state index in [1.807, 2.05) is 12.1 Å². The first kappa shape index (κ1) is 12.0. The van der Waals surface area contributed by atoms with E-state index in [1.165, 1.54) is 49.7 Å². The van der Waals surface area contributed by atoms with Crippen molar-refractivity contribution in [3.05, 3.63) is 29.3 Å². The quantitative estimate of drug-likeness (QED) is 0.859. The van der Waals surface area contributed by atoms with Crippen LogP contribution in [0.15, 0.2) is 18.2 Å². The molecule has 0 radical (unpaired) electrons. The summed E-state index contributed by atoms with van der Waals surface area (Å²) < 4.78 is 0. The fraction of sp³-hybridized carbons (Fsp3) is 0.625. The van der Waals surface area contributed by atoms with E-state index >= 15 is 0 Å². The van der Waals surface area contributed by atoms with Crippen molar-refractivity contribution in [2.75, 3.05) is 7.05 Å². The minimum absolute atomic E-state index is 0.493. The molecule has 1 saturated carbocycles. The van der Waals surface area contributed by atoms with Gasteiger partial charge in [0, 0.05) is 12.1 Å². The van der Waals surface area contributed by atoms with Crippen molar-refractivity contribution in [3.63, 3.8) is 0 Å². The van der Waals surface area contributed by atoms with Crippen LogP contribution in [-0.2, 0) is 6.42 Å². The second-order valence-corrected chi connectivity index (χ2v) is 5.86. The maximum atomic E-state index is 9.92. The van der Waals surface area contributed by atoms with Crippen LogP contribution in [0.5, 0.6) is 5.75 Å². The lowest BCUT2D eigenvalue weighted by Crippen LogP contribution is -2.35. The van der Waals surface area contributed by atoms with Crippen LogP contribution in [0.3, 0.4) is 0 Å². The largest absolute Gasteiger partial charge is 0.508 e. The van der Waals surface area contributed by atoms with E-state index in [-0.39, 0.29) is 0 Å². The van der Waals surface area contributed by atoms with Crippen molar-refractivity contribution in [1.29, 1.82) is 0 Å². The minimum atomic E-state index is 0.493. The van der Waals surface area contributed by atoms with E-state index in [4.69, 9.17) is 0 Å². The molecule has 2 nitrogen and oxygen atoms in total. The van der Waals surface area contributed by atoms with Crippen molar-refractivity contribution in [2.45, 2.75) is 57.0 Å². The number of nitrogens with zero attached hydrogens (tertiary/aromatic N) is 1. The molecule has 1 atom stereocenters. The van der Waals surface area contributed by atoms with Gasteiger partial charge in [-0.15, -0.1) is 0 Å². The van der Waals surface area contributed by atoms with Gasteiger partial charge in [-0.3, -0.25) is 4.90 Å². The Morgan fingerprint density at radius 2 is 1.89 bits per heavy atom. The molecule has 1 unspecified atom stereocenters. The third kappa shape index (κ3) is 2.03. The van der Waals surface area contributed by atoms with Crippen LogP contribution in [0.2, 0.25) is 0 Å². The normalized spacial score (nSPS) is 24.4. The number of hydrogen-bond acceptors (Lipinski definition) is 2. The molecule has 0 bridgehead atoms. The number of rotatable bonds is 2. The third-order valence-corrected chi connectivity index (χ3v) is 4.86. The topological polar surface area (TPSA) is 23.5 Å². The van der Waals surface area contributed by atoms with Gasteiger partial charge in [0.15, 0.2) is 0 Å². The molecule has 1 fully saturated rings. The van der Waals surface area contributed by atoms with Gasteiger partial charge >= 0.3 is 0 Å². The molecule has 98 valence electrons. The number of fused-ring (bicyclic) bond motifs is 1. The van der Waals surface area contributed by atoms with Gasteiger partial charge < -0.3 is 5.11 Å². The van der Waals surface area contributed by atoms with Crippen LogP contribution < -0.4 is 0 Å². The molecular weight excluding hydrogens is 222 g/mol. The Bertz CT molecular complexity index is 423. The first-order valence-electron chi connectivity index (χ1n) is 7.30. The molecule has 1 aromatic rings. The van der Waals surface area contributed by atoms with Crippen LogP contribution in [0.4, 0.5) is 0 Å². The summed E-state index contributed by atoms with van der Waals surface area (Å²) in [6, 6.07) is 7.28. The number of hydrogen-bond donors (Lipinski definition) is 1. The molecule has 0 aliphatic heterocycles. The Morgan fingerprint density at radius 3 is 2.67 bits per heavy atom. The third-order valence-electron chi connectivity index (χ3n) is 4.86. The number of aromatic hydroxyl groups is 1. The van der Waals surface area contributed by atoms with Gasteiger partial charge in [0.1, 0.15) is 5.75 Å². The average Bonchev–Trinajstić information content (AvgIpc) is 2.84. The highest BCUT2D eigenvalue weighted by molar-refractivity contribution is 5.44. The highest BCUT2D eigenvalue weighted by Crippen LogP contribution is 2.41. The van der Waals surface area contributed by atoms with Gasteiger partial charge in [0.2, 0.25) is 0 Å². The lowest BCUT2D eigenvalue weighted by Gasteiger charge is -2.36. The van der Waals surface area contributed by atoms with Gasteiger partial charge in [-0.05, 0) is 49.9 Å². The van der Waals surface area contributed by atoms with E-state index in [9.17, 15) is 5.11 Å². The van der Waals surface area contributed by atoms with Crippen LogP contribution in [0.25, 0.3) is 0 Å². The van der Waals surface area contributed by atoms with Crippen molar-refractivity contribution in [3.8, 4) is 5.75 Å². The summed E-state index contributed by atoms with van der Waals surface area (Å²) >= 11 is 0. The van der Waals surface area contributed by atoms with Crippen LogP contribution >= 0.6 is 0 Å². The predicted octanol–water partition coefficient (Wildman–Crippen LogP) is 3.64. The molecule has 18 heavy (non-hydrogen) atoms. The van der Waals surface area contributed by atoms with Gasteiger partial charge in [-0.25, -0.2) is 0 Å². The van der Waals surface area contributed by atoms with Gasteiger partial charge in [-0.2, -0.15) is 0 Å². The molecule has 0 heterocycles. The summed E-state index contributed by atoms with van der Waals surface area (Å²) in [5.41, 5.74) is 2.55. The predicted molar refractivity (Wildman–Crippen MR) is 73.8 cm³/mol. The lowest BCUT2D eigenvalue weighted by molar-refractivity contribution is 0.137. The van der Waals surface area contributed by atoms with E-state index in [0.717, 1.165) is 12.5 Å². The molecule has 0 aromatic heterocycles. The Kier molecular flexibility index (Phi) is 3.29. The summed E-state index contributed by atoms with van der Waals surface area (Å²) in [5, 5.41) is 9.92. The molecule has 2 aliphatic carbocycles. The van der Waals surface area contributed by atoms with Crippen LogP contribution in [-0.4, -0.2) is 23.1 Å². The summed E-state index contributed by atoms with van der Waals surface area (Å²) in [6.45, 7) is 0. The zero-order valence-corrected chi connectivity index (χ0v) is 11.2. The van der Waals surface area contributed by atoms with Crippen molar-refractivity contribution >= 4 is 0 Å². The zero-order valence-electron chi connectivity index (χ0n) is 11.2. The number of phenolic OH excluding ortho intramolecular Hbond substituents is 1. The van der Waals surface area contributed by atoms with Crippen LogP contribution in [0, 0.1) is 0 Å².